The smallest absolute Gasteiger partial charge is 0.256 e. The lowest BCUT2D eigenvalue weighted by Gasteiger charge is -2.18. The average molecular weight is 349 g/mol. The molecule has 118 valence electrons. The number of hydrogen-bond donors (Lipinski definition) is 1. The monoisotopic (exact) mass is 348 g/mol. The van der Waals surface area contributed by atoms with Crippen LogP contribution in [0.2, 0.25) is 10.0 Å². The van der Waals surface area contributed by atoms with Gasteiger partial charge < -0.3 is 5.32 Å². The number of rotatable bonds is 3. The van der Waals surface area contributed by atoms with E-state index in [1.807, 2.05) is 31.2 Å². The molecule has 1 fully saturated rings. The molecule has 4 nitrogen and oxygen atoms in total. The highest BCUT2D eigenvalue weighted by Gasteiger charge is 2.40. The largest absolute Gasteiger partial charge is 0.373 e. The molecule has 1 heterocycles. The third-order valence-corrected chi connectivity index (χ3v) is 4.60. The zero-order chi connectivity index (χ0) is 16.6. The second-order valence-corrected chi connectivity index (χ2v) is 6.14. The number of benzene rings is 2. The molecule has 0 aromatic heterocycles. The second-order valence-electron chi connectivity index (χ2n) is 5.36. The predicted molar refractivity (Wildman–Crippen MR) is 92.2 cm³/mol. The van der Waals surface area contributed by atoms with Gasteiger partial charge in [-0.2, -0.15) is 0 Å². The highest BCUT2D eigenvalue weighted by Crippen LogP contribution is 2.35. The van der Waals surface area contributed by atoms with E-state index in [0.29, 0.717) is 10.7 Å². The van der Waals surface area contributed by atoms with Gasteiger partial charge in [0.15, 0.2) is 0 Å². The number of halogens is 2. The van der Waals surface area contributed by atoms with E-state index < -0.39 is 6.04 Å². The molecule has 1 saturated heterocycles. The van der Waals surface area contributed by atoms with Crippen molar-refractivity contribution in [2.75, 3.05) is 10.2 Å². The highest BCUT2D eigenvalue weighted by molar-refractivity contribution is 6.45. The number of aryl methyl sites for hydroxylation is 1. The number of nitrogens with zero attached hydrogens (tertiary/aromatic N) is 1. The van der Waals surface area contributed by atoms with E-state index >= 15 is 0 Å². The van der Waals surface area contributed by atoms with Crippen LogP contribution in [0.4, 0.5) is 11.4 Å². The molecule has 0 unspecified atom stereocenters. The maximum absolute atomic E-state index is 12.6. The van der Waals surface area contributed by atoms with Crippen molar-refractivity contribution in [3.05, 3.63) is 58.1 Å². The van der Waals surface area contributed by atoms with Crippen LogP contribution >= 0.6 is 23.2 Å². The zero-order valence-corrected chi connectivity index (χ0v) is 13.9. The molecule has 6 heteroatoms. The van der Waals surface area contributed by atoms with Crippen LogP contribution in [-0.2, 0) is 9.59 Å². The molecular weight excluding hydrogens is 335 g/mol. The molecule has 1 atom stereocenters. The Labute approximate surface area is 144 Å². The summed E-state index contributed by atoms with van der Waals surface area (Å²) in [6, 6.07) is 11.9. The van der Waals surface area contributed by atoms with Crippen LogP contribution in [0.3, 0.4) is 0 Å². The third kappa shape index (κ3) is 2.92. The molecule has 2 aromatic carbocycles. The fraction of sp³-hybridized carbons (Fsp3) is 0.176. The van der Waals surface area contributed by atoms with E-state index in [9.17, 15) is 9.59 Å². The van der Waals surface area contributed by atoms with Crippen LogP contribution in [0.5, 0.6) is 0 Å². The van der Waals surface area contributed by atoms with E-state index in [1.54, 1.807) is 18.2 Å². The number of nitrogens with one attached hydrogen (secondary N) is 1. The van der Waals surface area contributed by atoms with Gasteiger partial charge in [0.2, 0.25) is 5.91 Å². The fourth-order valence-corrected chi connectivity index (χ4v) is 2.97. The summed E-state index contributed by atoms with van der Waals surface area (Å²) in [5, 5.41) is 3.64. The minimum atomic E-state index is -0.612. The molecule has 0 saturated carbocycles. The average Bonchev–Trinajstić information content (AvgIpc) is 2.79. The van der Waals surface area contributed by atoms with Gasteiger partial charge in [-0.3, -0.25) is 9.59 Å². The fourth-order valence-electron chi connectivity index (χ4n) is 2.59. The van der Waals surface area contributed by atoms with Crippen molar-refractivity contribution in [1.29, 1.82) is 0 Å². The number of carbonyl (C=O) groups excluding carboxylic acids is 2. The van der Waals surface area contributed by atoms with Gasteiger partial charge in [-0.05, 0) is 30.7 Å². The quantitative estimate of drug-likeness (QED) is 0.851. The van der Waals surface area contributed by atoms with Crippen molar-refractivity contribution in [2.45, 2.75) is 19.4 Å². The second kappa shape index (κ2) is 6.22. The summed E-state index contributed by atoms with van der Waals surface area (Å²) in [6.45, 7) is 1.94. The summed E-state index contributed by atoms with van der Waals surface area (Å²) in [5.41, 5.74) is 2.16. The maximum Gasteiger partial charge on any atom is 0.256 e. The third-order valence-electron chi connectivity index (χ3n) is 3.79. The molecular formula is C17H14Cl2N2O2. The van der Waals surface area contributed by atoms with Crippen LogP contribution in [0.1, 0.15) is 12.0 Å². The Balaban J connectivity index is 1.89. The molecule has 0 bridgehead atoms. The van der Waals surface area contributed by atoms with Crippen LogP contribution in [0, 0.1) is 6.92 Å². The number of hydrogen-bond acceptors (Lipinski definition) is 3. The predicted octanol–water partition coefficient (Wildman–Crippen LogP) is 4.05. The summed E-state index contributed by atoms with van der Waals surface area (Å²) in [7, 11) is 0. The molecule has 3 rings (SSSR count). The Bertz CT molecular complexity index is 792. The van der Waals surface area contributed by atoms with Gasteiger partial charge in [-0.1, -0.05) is 47.5 Å². The van der Waals surface area contributed by atoms with Crippen molar-refractivity contribution in [3.8, 4) is 0 Å². The molecule has 0 spiro atoms. The number of anilines is 2. The topological polar surface area (TPSA) is 49.4 Å². The number of para-hydroxylation sites is 1. The Morgan fingerprint density at radius 1 is 1.09 bits per heavy atom. The van der Waals surface area contributed by atoms with Crippen LogP contribution in [0.25, 0.3) is 0 Å². The van der Waals surface area contributed by atoms with Gasteiger partial charge >= 0.3 is 0 Å². The van der Waals surface area contributed by atoms with E-state index in [1.165, 1.54) is 0 Å². The van der Waals surface area contributed by atoms with Crippen LogP contribution in [0.15, 0.2) is 42.5 Å². The summed E-state index contributed by atoms with van der Waals surface area (Å²) < 4.78 is 0. The molecule has 2 aromatic rings. The van der Waals surface area contributed by atoms with Crippen LogP contribution < -0.4 is 10.2 Å². The standard InChI is InChI=1S/C17H14Cl2N2O2/c1-10-5-2-3-7-12(10)20-13-9-15(22)21(17(13)23)14-8-4-6-11(18)16(14)19/h2-8,13,20H,9H2,1H3/t13-/m1/s1. The first-order chi connectivity index (χ1) is 11.0. The molecule has 1 aliphatic rings. The SMILES string of the molecule is Cc1ccccc1N[C@@H]1CC(=O)N(c2cccc(Cl)c2Cl)C1=O. The minimum Gasteiger partial charge on any atom is -0.373 e. The Hall–Kier alpha value is -2.04. The van der Waals surface area contributed by atoms with Gasteiger partial charge in [0.25, 0.3) is 5.91 Å². The van der Waals surface area contributed by atoms with E-state index in [-0.39, 0.29) is 23.3 Å². The molecule has 1 aliphatic heterocycles. The highest BCUT2D eigenvalue weighted by atomic mass is 35.5. The number of amides is 2. The van der Waals surface area contributed by atoms with Crippen molar-refractivity contribution < 1.29 is 9.59 Å². The maximum atomic E-state index is 12.6. The Morgan fingerprint density at radius 2 is 1.83 bits per heavy atom. The van der Waals surface area contributed by atoms with Crippen molar-refractivity contribution >= 4 is 46.4 Å². The Kier molecular flexibility index (Phi) is 4.28. The van der Waals surface area contributed by atoms with E-state index in [0.717, 1.165) is 16.2 Å². The summed E-state index contributed by atoms with van der Waals surface area (Å²) >= 11 is 12.1. The number of imide groups is 1. The van der Waals surface area contributed by atoms with Crippen molar-refractivity contribution in [3.63, 3.8) is 0 Å². The first-order valence-electron chi connectivity index (χ1n) is 7.12. The molecule has 0 aliphatic carbocycles. The van der Waals surface area contributed by atoms with Crippen molar-refractivity contribution in [2.24, 2.45) is 0 Å². The zero-order valence-electron chi connectivity index (χ0n) is 12.3. The number of carbonyl (C=O) groups is 2. The first kappa shape index (κ1) is 15.8. The van der Waals surface area contributed by atoms with Gasteiger partial charge in [0, 0.05) is 5.69 Å². The Morgan fingerprint density at radius 3 is 2.57 bits per heavy atom. The first-order valence-corrected chi connectivity index (χ1v) is 7.87. The van der Waals surface area contributed by atoms with Gasteiger partial charge in [-0.15, -0.1) is 0 Å². The minimum absolute atomic E-state index is 0.0794. The summed E-state index contributed by atoms with van der Waals surface area (Å²) in [6.07, 6.45) is 0.0794. The van der Waals surface area contributed by atoms with Crippen LogP contribution in [-0.4, -0.2) is 17.9 Å². The summed E-state index contributed by atoms with van der Waals surface area (Å²) in [4.78, 5) is 26.0. The lowest BCUT2D eigenvalue weighted by Crippen LogP contribution is -2.35. The van der Waals surface area contributed by atoms with E-state index in [2.05, 4.69) is 5.32 Å². The molecule has 0 radical (unpaired) electrons. The summed E-state index contributed by atoms with van der Waals surface area (Å²) in [5.74, 6) is -0.632. The molecule has 2 amide bonds. The lowest BCUT2D eigenvalue weighted by atomic mass is 10.1. The lowest BCUT2D eigenvalue weighted by molar-refractivity contribution is -0.121. The van der Waals surface area contributed by atoms with Crippen molar-refractivity contribution in [1.82, 2.24) is 0 Å². The van der Waals surface area contributed by atoms with E-state index in [4.69, 9.17) is 23.2 Å². The van der Waals surface area contributed by atoms with Gasteiger partial charge in [0.1, 0.15) is 6.04 Å². The normalized spacial score (nSPS) is 17.7. The van der Waals surface area contributed by atoms with Gasteiger partial charge in [-0.25, -0.2) is 4.90 Å². The van der Waals surface area contributed by atoms with Gasteiger partial charge in [0.05, 0.1) is 22.2 Å². The molecule has 23 heavy (non-hydrogen) atoms. The molecule has 1 N–H and O–H groups in total.